The molecule has 0 saturated carbocycles. The fourth-order valence-corrected chi connectivity index (χ4v) is 2.30. The molecular formula is C17H11N3O2. The van der Waals surface area contributed by atoms with Gasteiger partial charge in [-0.15, -0.1) is 0 Å². The molecule has 1 N–H and O–H groups in total. The lowest BCUT2D eigenvalue weighted by molar-refractivity contribution is -0.132. The molecule has 0 radical (unpaired) electrons. The summed E-state index contributed by atoms with van der Waals surface area (Å²) in [6.07, 6.45) is 4.86. The highest BCUT2D eigenvalue weighted by atomic mass is 16.4. The zero-order valence-corrected chi connectivity index (χ0v) is 11.5. The van der Waals surface area contributed by atoms with Gasteiger partial charge in [-0.1, -0.05) is 24.3 Å². The second-order valence-corrected chi connectivity index (χ2v) is 4.63. The molecule has 0 atom stereocenters. The van der Waals surface area contributed by atoms with Crippen LogP contribution in [0.2, 0.25) is 0 Å². The third kappa shape index (κ3) is 2.34. The number of carboxylic acid groups (broad SMARTS) is 1. The number of rotatable bonds is 3. The predicted molar refractivity (Wildman–Crippen MR) is 82.3 cm³/mol. The van der Waals surface area contributed by atoms with Crippen molar-refractivity contribution >= 4 is 22.9 Å². The van der Waals surface area contributed by atoms with Crippen LogP contribution in [0.15, 0.2) is 60.4 Å². The SMILES string of the molecule is N#C/C(=C\c1cn(-c2ccccn2)c2ccccc12)C(=O)O. The van der Waals surface area contributed by atoms with E-state index in [1.165, 1.54) is 6.08 Å². The van der Waals surface area contributed by atoms with Gasteiger partial charge in [-0.2, -0.15) is 5.26 Å². The van der Waals surface area contributed by atoms with Crippen LogP contribution in [0, 0.1) is 11.3 Å². The van der Waals surface area contributed by atoms with E-state index in [9.17, 15) is 4.79 Å². The zero-order valence-electron chi connectivity index (χ0n) is 11.5. The Morgan fingerprint density at radius 1 is 1.23 bits per heavy atom. The van der Waals surface area contributed by atoms with E-state index in [0.717, 1.165) is 16.7 Å². The van der Waals surface area contributed by atoms with Gasteiger partial charge in [0, 0.05) is 23.3 Å². The molecule has 3 rings (SSSR count). The summed E-state index contributed by atoms with van der Waals surface area (Å²) < 4.78 is 1.87. The van der Waals surface area contributed by atoms with E-state index in [1.807, 2.05) is 47.0 Å². The molecule has 0 aliphatic heterocycles. The van der Waals surface area contributed by atoms with Crippen molar-refractivity contribution in [1.82, 2.24) is 9.55 Å². The molecule has 2 aromatic heterocycles. The topological polar surface area (TPSA) is 78.9 Å². The first kappa shape index (κ1) is 13.6. The first-order chi connectivity index (χ1) is 10.7. The number of nitriles is 1. The Bertz CT molecular complexity index is 918. The van der Waals surface area contributed by atoms with E-state index >= 15 is 0 Å². The molecule has 106 valence electrons. The number of hydrogen-bond acceptors (Lipinski definition) is 3. The molecule has 0 unspecified atom stereocenters. The smallest absolute Gasteiger partial charge is 0.346 e. The molecule has 3 aromatic rings. The summed E-state index contributed by atoms with van der Waals surface area (Å²) >= 11 is 0. The van der Waals surface area contributed by atoms with Gasteiger partial charge in [0.05, 0.1) is 5.52 Å². The van der Waals surface area contributed by atoms with Crippen LogP contribution in [0.1, 0.15) is 5.56 Å². The Balaban J connectivity index is 2.26. The molecular weight excluding hydrogens is 278 g/mol. The molecule has 0 spiro atoms. The van der Waals surface area contributed by atoms with Gasteiger partial charge in [0.2, 0.25) is 0 Å². The van der Waals surface area contributed by atoms with E-state index in [-0.39, 0.29) is 5.57 Å². The largest absolute Gasteiger partial charge is 0.477 e. The number of carbonyl (C=O) groups is 1. The van der Waals surface area contributed by atoms with Gasteiger partial charge in [0.15, 0.2) is 0 Å². The van der Waals surface area contributed by atoms with Crippen LogP contribution >= 0.6 is 0 Å². The van der Waals surface area contributed by atoms with Gasteiger partial charge in [-0.05, 0) is 24.3 Å². The summed E-state index contributed by atoms with van der Waals surface area (Å²) in [5, 5.41) is 18.8. The third-order valence-electron chi connectivity index (χ3n) is 3.29. The molecule has 0 aliphatic rings. The number of aromatic nitrogens is 2. The van der Waals surface area contributed by atoms with Crippen molar-refractivity contribution in [3.8, 4) is 11.9 Å². The fraction of sp³-hybridized carbons (Fsp3) is 0. The molecule has 5 heteroatoms. The van der Waals surface area contributed by atoms with Crippen LogP contribution in [0.3, 0.4) is 0 Å². The Hall–Kier alpha value is -3.39. The summed E-state index contributed by atoms with van der Waals surface area (Å²) in [7, 11) is 0. The Morgan fingerprint density at radius 2 is 2.00 bits per heavy atom. The van der Waals surface area contributed by atoms with E-state index in [1.54, 1.807) is 18.5 Å². The first-order valence-electron chi connectivity index (χ1n) is 6.57. The molecule has 0 amide bonds. The number of pyridine rings is 1. The second kappa shape index (κ2) is 5.54. The van der Waals surface area contributed by atoms with E-state index < -0.39 is 5.97 Å². The third-order valence-corrected chi connectivity index (χ3v) is 3.29. The van der Waals surface area contributed by atoms with Crippen LogP contribution in [-0.2, 0) is 4.79 Å². The highest BCUT2D eigenvalue weighted by molar-refractivity contribution is 6.00. The van der Waals surface area contributed by atoms with Gasteiger partial charge in [0.1, 0.15) is 17.5 Å². The Labute approximate surface area is 126 Å². The average Bonchev–Trinajstić information content (AvgIpc) is 2.92. The molecule has 22 heavy (non-hydrogen) atoms. The van der Waals surface area contributed by atoms with Gasteiger partial charge in [-0.3, -0.25) is 0 Å². The van der Waals surface area contributed by atoms with Crippen molar-refractivity contribution in [2.75, 3.05) is 0 Å². The summed E-state index contributed by atoms with van der Waals surface area (Å²) in [6, 6.07) is 14.9. The minimum Gasteiger partial charge on any atom is -0.477 e. The second-order valence-electron chi connectivity index (χ2n) is 4.63. The first-order valence-corrected chi connectivity index (χ1v) is 6.57. The van der Waals surface area contributed by atoms with Gasteiger partial charge in [0.25, 0.3) is 0 Å². The van der Waals surface area contributed by atoms with E-state index in [2.05, 4.69) is 4.98 Å². The van der Waals surface area contributed by atoms with Crippen molar-refractivity contribution < 1.29 is 9.90 Å². The molecule has 0 saturated heterocycles. The lowest BCUT2D eigenvalue weighted by atomic mass is 10.1. The van der Waals surface area contributed by atoms with Gasteiger partial charge in [-0.25, -0.2) is 9.78 Å². The van der Waals surface area contributed by atoms with Crippen molar-refractivity contribution in [3.63, 3.8) is 0 Å². The minimum atomic E-state index is -1.24. The molecule has 1 aromatic carbocycles. The van der Waals surface area contributed by atoms with Crippen LogP contribution in [0.25, 0.3) is 22.8 Å². The van der Waals surface area contributed by atoms with Crippen molar-refractivity contribution in [1.29, 1.82) is 5.26 Å². The van der Waals surface area contributed by atoms with Crippen LogP contribution in [0.4, 0.5) is 0 Å². The highest BCUT2D eigenvalue weighted by Gasteiger charge is 2.12. The summed E-state index contributed by atoms with van der Waals surface area (Å²) in [4.78, 5) is 15.3. The fourth-order valence-electron chi connectivity index (χ4n) is 2.30. The molecule has 5 nitrogen and oxygen atoms in total. The lowest BCUT2D eigenvalue weighted by Gasteiger charge is -2.02. The normalized spacial score (nSPS) is 11.3. The van der Waals surface area contributed by atoms with Crippen LogP contribution in [-0.4, -0.2) is 20.6 Å². The predicted octanol–water partition coefficient (Wildman–Crippen LogP) is 3.02. The monoisotopic (exact) mass is 289 g/mol. The van der Waals surface area contributed by atoms with Crippen molar-refractivity contribution in [2.24, 2.45) is 0 Å². The maximum absolute atomic E-state index is 11.0. The minimum absolute atomic E-state index is 0.302. The van der Waals surface area contributed by atoms with Crippen LogP contribution < -0.4 is 0 Å². The molecule has 0 fully saturated rings. The average molecular weight is 289 g/mol. The van der Waals surface area contributed by atoms with Crippen molar-refractivity contribution in [2.45, 2.75) is 0 Å². The van der Waals surface area contributed by atoms with Gasteiger partial charge < -0.3 is 9.67 Å². The number of carboxylic acids is 1. The maximum atomic E-state index is 11.0. The van der Waals surface area contributed by atoms with Gasteiger partial charge >= 0.3 is 5.97 Å². The van der Waals surface area contributed by atoms with Crippen LogP contribution in [0.5, 0.6) is 0 Å². The molecule has 0 aliphatic carbocycles. The lowest BCUT2D eigenvalue weighted by Crippen LogP contribution is -1.97. The number of benzene rings is 1. The summed E-state index contributed by atoms with van der Waals surface area (Å²) in [6.45, 7) is 0. The molecule has 0 bridgehead atoms. The Morgan fingerprint density at radius 3 is 2.68 bits per heavy atom. The highest BCUT2D eigenvalue weighted by Crippen LogP contribution is 2.25. The standard InChI is InChI=1S/C17H11N3O2/c18-10-12(17(21)22)9-13-11-20(16-7-3-4-8-19-16)15-6-2-1-5-14(13)15/h1-9,11H,(H,21,22)/b12-9+. The Kier molecular flexibility index (Phi) is 3.42. The number of aliphatic carboxylic acids is 1. The number of para-hydroxylation sites is 1. The van der Waals surface area contributed by atoms with E-state index in [0.29, 0.717) is 5.56 Å². The summed E-state index contributed by atoms with van der Waals surface area (Å²) in [5.74, 6) is -0.510. The number of fused-ring (bicyclic) bond motifs is 1. The maximum Gasteiger partial charge on any atom is 0.346 e. The van der Waals surface area contributed by atoms with Crippen molar-refractivity contribution in [3.05, 3.63) is 66.0 Å². The number of hydrogen-bond donors (Lipinski definition) is 1. The quantitative estimate of drug-likeness (QED) is 0.593. The summed E-state index contributed by atoms with van der Waals surface area (Å²) in [5.41, 5.74) is 1.26. The number of nitrogens with zero attached hydrogens (tertiary/aromatic N) is 3. The molecule has 2 heterocycles. The zero-order chi connectivity index (χ0) is 15.5. The van der Waals surface area contributed by atoms with E-state index in [4.69, 9.17) is 10.4 Å².